The maximum Gasteiger partial charge on any atom is 0.232 e. The minimum absolute atomic E-state index is 0.292. The molecule has 1 aromatic heterocycles. The van der Waals surface area contributed by atoms with Crippen molar-refractivity contribution in [3.63, 3.8) is 0 Å². The van der Waals surface area contributed by atoms with Gasteiger partial charge >= 0.3 is 0 Å². The van der Waals surface area contributed by atoms with Gasteiger partial charge in [0, 0.05) is 11.1 Å². The molecule has 4 heteroatoms. The van der Waals surface area contributed by atoms with Crippen LogP contribution >= 0.6 is 0 Å². The normalized spacial score (nSPS) is 10.2. The second-order valence-corrected chi connectivity index (χ2v) is 5.15. The lowest BCUT2D eigenvalue weighted by atomic mass is 9.99. The first kappa shape index (κ1) is 15.7. The van der Waals surface area contributed by atoms with E-state index in [9.17, 15) is 9.65 Å². The van der Waals surface area contributed by atoms with Crippen LogP contribution < -0.4 is 4.74 Å². The molecule has 0 radical (unpaired) electrons. The fourth-order valence-corrected chi connectivity index (χ4v) is 2.48. The van der Waals surface area contributed by atoms with Crippen LogP contribution in [0.2, 0.25) is 0 Å². The molecule has 3 nitrogen and oxygen atoms in total. The zero-order valence-corrected chi connectivity index (χ0v) is 13.2. The van der Waals surface area contributed by atoms with E-state index in [-0.39, 0.29) is 5.82 Å². The van der Waals surface area contributed by atoms with Gasteiger partial charge in [-0.2, -0.15) is 5.26 Å². The standard InChI is InChI=1S/C20H15FN2O/c1-2-24-20-18(13-22)17(14-8-10-16(21)11-9-14)12-19(23-20)15-6-4-3-5-7-15/h3-12H,2H2,1H3. The second-order valence-electron chi connectivity index (χ2n) is 5.15. The van der Waals surface area contributed by atoms with Crippen LogP contribution in [0.4, 0.5) is 4.39 Å². The lowest BCUT2D eigenvalue weighted by molar-refractivity contribution is 0.326. The van der Waals surface area contributed by atoms with E-state index in [1.165, 1.54) is 12.1 Å². The van der Waals surface area contributed by atoms with E-state index in [1.807, 2.05) is 43.3 Å². The number of rotatable bonds is 4. The number of ether oxygens (including phenoxy) is 1. The smallest absolute Gasteiger partial charge is 0.232 e. The zero-order valence-electron chi connectivity index (χ0n) is 13.2. The molecule has 3 aromatic rings. The molecule has 24 heavy (non-hydrogen) atoms. The number of hydrogen-bond donors (Lipinski definition) is 0. The molecule has 0 aliphatic heterocycles. The van der Waals surface area contributed by atoms with Gasteiger partial charge in [0.2, 0.25) is 5.88 Å². The molecule has 0 saturated heterocycles. The minimum atomic E-state index is -0.320. The summed E-state index contributed by atoms with van der Waals surface area (Å²) in [6, 6.07) is 19.7. The van der Waals surface area contributed by atoms with Gasteiger partial charge in [-0.1, -0.05) is 42.5 Å². The van der Waals surface area contributed by atoms with Gasteiger partial charge in [-0.25, -0.2) is 9.37 Å². The van der Waals surface area contributed by atoms with E-state index in [2.05, 4.69) is 11.1 Å². The van der Waals surface area contributed by atoms with Crippen LogP contribution in [0.5, 0.6) is 5.88 Å². The average Bonchev–Trinajstić information content (AvgIpc) is 2.63. The first-order chi connectivity index (χ1) is 11.7. The van der Waals surface area contributed by atoms with Gasteiger partial charge in [-0.05, 0) is 30.7 Å². The van der Waals surface area contributed by atoms with Crippen LogP contribution in [0.1, 0.15) is 12.5 Å². The first-order valence-electron chi connectivity index (χ1n) is 7.62. The van der Waals surface area contributed by atoms with Gasteiger partial charge in [0.15, 0.2) is 0 Å². The molecule has 0 spiro atoms. The van der Waals surface area contributed by atoms with Crippen LogP contribution in [-0.2, 0) is 0 Å². The fourth-order valence-electron chi connectivity index (χ4n) is 2.48. The number of pyridine rings is 1. The van der Waals surface area contributed by atoms with Gasteiger partial charge in [-0.3, -0.25) is 0 Å². The van der Waals surface area contributed by atoms with Gasteiger partial charge in [0.25, 0.3) is 0 Å². The number of nitrogens with zero attached hydrogens (tertiary/aromatic N) is 2. The fraction of sp³-hybridized carbons (Fsp3) is 0.100. The average molecular weight is 318 g/mol. The highest BCUT2D eigenvalue weighted by Gasteiger charge is 2.16. The molecule has 0 atom stereocenters. The monoisotopic (exact) mass is 318 g/mol. The third kappa shape index (κ3) is 3.11. The van der Waals surface area contributed by atoms with Crippen molar-refractivity contribution in [2.45, 2.75) is 6.92 Å². The maximum absolute atomic E-state index is 13.2. The van der Waals surface area contributed by atoms with Crippen molar-refractivity contribution in [2.75, 3.05) is 6.61 Å². The Morgan fingerprint density at radius 2 is 1.75 bits per heavy atom. The topological polar surface area (TPSA) is 45.9 Å². The molecular formula is C20H15FN2O. The summed E-state index contributed by atoms with van der Waals surface area (Å²) in [5.74, 6) is -0.0275. The maximum atomic E-state index is 13.2. The molecule has 2 aromatic carbocycles. The highest BCUT2D eigenvalue weighted by atomic mass is 19.1. The van der Waals surface area contributed by atoms with Gasteiger partial charge in [-0.15, -0.1) is 0 Å². The number of hydrogen-bond acceptors (Lipinski definition) is 3. The first-order valence-corrected chi connectivity index (χ1v) is 7.62. The summed E-state index contributed by atoms with van der Waals surface area (Å²) in [6.07, 6.45) is 0. The molecule has 0 fully saturated rings. The summed E-state index contributed by atoms with van der Waals surface area (Å²) in [5, 5.41) is 9.56. The summed E-state index contributed by atoms with van der Waals surface area (Å²) in [6.45, 7) is 2.25. The van der Waals surface area contributed by atoms with E-state index < -0.39 is 0 Å². The Bertz CT molecular complexity index is 884. The van der Waals surface area contributed by atoms with Crippen molar-refractivity contribution in [3.8, 4) is 34.3 Å². The van der Waals surface area contributed by atoms with E-state index in [4.69, 9.17) is 4.74 Å². The number of halogens is 1. The van der Waals surface area contributed by atoms with E-state index in [0.29, 0.717) is 29.3 Å². The Hall–Kier alpha value is -3.19. The summed E-state index contributed by atoms with van der Waals surface area (Å²) in [5.41, 5.74) is 3.40. The Kier molecular flexibility index (Phi) is 4.53. The van der Waals surface area contributed by atoms with Crippen LogP contribution in [-0.4, -0.2) is 11.6 Å². The van der Waals surface area contributed by atoms with Crippen molar-refractivity contribution < 1.29 is 9.13 Å². The molecule has 0 bridgehead atoms. The molecule has 0 aliphatic rings. The molecule has 1 heterocycles. The summed E-state index contributed by atoms with van der Waals surface area (Å²) in [7, 11) is 0. The number of aromatic nitrogens is 1. The Morgan fingerprint density at radius 1 is 1.04 bits per heavy atom. The molecule has 0 unspecified atom stereocenters. The van der Waals surface area contributed by atoms with Crippen molar-refractivity contribution in [1.82, 2.24) is 4.98 Å². The Morgan fingerprint density at radius 3 is 2.38 bits per heavy atom. The van der Waals surface area contributed by atoms with Crippen LogP contribution in [0.15, 0.2) is 60.7 Å². The SMILES string of the molecule is CCOc1nc(-c2ccccc2)cc(-c2ccc(F)cc2)c1C#N. The lowest BCUT2D eigenvalue weighted by Crippen LogP contribution is -2.01. The Labute approximate surface area is 140 Å². The number of nitriles is 1. The largest absolute Gasteiger partial charge is 0.477 e. The highest BCUT2D eigenvalue weighted by molar-refractivity contribution is 5.77. The van der Waals surface area contributed by atoms with Crippen LogP contribution in [0, 0.1) is 17.1 Å². The lowest BCUT2D eigenvalue weighted by Gasteiger charge is -2.12. The minimum Gasteiger partial charge on any atom is -0.477 e. The molecular weight excluding hydrogens is 303 g/mol. The predicted molar refractivity (Wildman–Crippen MR) is 91.0 cm³/mol. The van der Waals surface area contributed by atoms with Crippen molar-refractivity contribution in [1.29, 1.82) is 5.26 Å². The van der Waals surface area contributed by atoms with Crippen molar-refractivity contribution in [2.24, 2.45) is 0 Å². The zero-order chi connectivity index (χ0) is 16.9. The summed E-state index contributed by atoms with van der Waals surface area (Å²) >= 11 is 0. The molecule has 118 valence electrons. The van der Waals surface area contributed by atoms with Crippen LogP contribution in [0.3, 0.4) is 0 Å². The molecule has 0 saturated carbocycles. The summed E-state index contributed by atoms with van der Waals surface area (Å²) in [4.78, 5) is 4.49. The van der Waals surface area contributed by atoms with Gasteiger partial charge < -0.3 is 4.74 Å². The van der Waals surface area contributed by atoms with E-state index in [1.54, 1.807) is 12.1 Å². The Balaban J connectivity index is 2.24. The van der Waals surface area contributed by atoms with Gasteiger partial charge in [0.1, 0.15) is 17.4 Å². The predicted octanol–water partition coefficient (Wildman–Crippen LogP) is 4.83. The molecule has 0 N–H and O–H groups in total. The molecule has 0 aliphatic carbocycles. The number of benzene rings is 2. The third-order valence-electron chi connectivity index (χ3n) is 3.60. The van der Waals surface area contributed by atoms with E-state index >= 15 is 0 Å². The van der Waals surface area contributed by atoms with Gasteiger partial charge in [0.05, 0.1) is 12.3 Å². The second kappa shape index (κ2) is 6.93. The van der Waals surface area contributed by atoms with Crippen LogP contribution in [0.25, 0.3) is 22.4 Å². The highest BCUT2D eigenvalue weighted by Crippen LogP contribution is 2.33. The third-order valence-corrected chi connectivity index (χ3v) is 3.60. The van der Waals surface area contributed by atoms with Crippen molar-refractivity contribution >= 4 is 0 Å². The quantitative estimate of drug-likeness (QED) is 0.692. The van der Waals surface area contributed by atoms with E-state index in [0.717, 1.165) is 11.1 Å². The summed E-state index contributed by atoms with van der Waals surface area (Å²) < 4.78 is 18.8. The molecule has 0 amide bonds. The molecule has 3 rings (SSSR count). The van der Waals surface area contributed by atoms with Crippen molar-refractivity contribution in [3.05, 3.63) is 72.0 Å².